The number of aromatic nitrogens is 5. The minimum absolute atomic E-state index is 0.225. The van der Waals surface area contributed by atoms with Crippen LogP contribution < -0.4 is 20.5 Å². The van der Waals surface area contributed by atoms with Gasteiger partial charge in [0.05, 0.1) is 19.7 Å². The van der Waals surface area contributed by atoms with Crippen LogP contribution in [0, 0.1) is 11.8 Å². The maximum atomic E-state index is 6.32. The molecule has 2 bridgehead atoms. The third kappa shape index (κ3) is 4.73. The van der Waals surface area contributed by atoms with Crippen molar-refractivity contribution in [1.82, 2.24) is 29.6 Å². The van der Waals surface area contributed by atoms with E-state index in [9.17, 15) is 0 Å². The third-order valence-corrected chi connectivity index (χ3v) is 9.71. The van der Waals surface area contributed by atoms with Crippen LogP contribution in [0.4, 0.5) is 17.6 Å². The maximum absolute atomic E-state index is 6.32. The first kappa shape index (κ1) is 26.0. The Kier molecular flexibility index (Phi) is 6.65. The zero-order chi connectivity index (χ0) is 28.1. The molecule has 10 nitrogen and oxygen atoms in total. The molecule has 2 aromatic carbocycles. The Bertz CT molecular complexity index is 1590. The molecule has 4 atom stereocenters. The van der Waals surface area contributed by atoms with Gasteiger partial charge in [0.1, 0.15) is 6.33 Å². The molecule has 0 saturated heterocycles. The molecular formula is C31H38N8O2. The fourth-order valence-electron chi connectivity index (χ4n) is 7.56. The molecular weight excluding hydrogens is 516 g/mol. The first-order valence-corrected chi connectivity index (χ1v) is 14.7. The van der Waals surface area contributed by atoms with Crippen molar-refractivity contribution in [3.05, 3.63) is 47.8 Å². The lowest BCUT2D eigenvalue weighted by Gasteiger charge is -2.37. The number of nitrogens with zero attached hydrogens (tertiary/aromatic N) is 6. The Balaban J connectivity index is 1.09. The Morgan fingerprint density at radius 1 is 0.951 bits per heavy atom. The van der Waals surface area contributed by atoms with Gasteiger partial charge in [-0.15, -0.1) is 5.10 Å². The molecule has 214 valence electrons. The number of hydrogen-bond acceptors (Lipinski definition) is 9. The normalized spacial score (nSPS) is 23.5. The summed E-state index contributed by atoms with van der Waals surface area (Å²) >= 11 is 0. The van der Waals surface area contributed by atoms with E-state index >= 15 is 0 Å². The first-order chi connectivity index (χ1) is 20.0. The quantitative estimate of drug-likeness (QED) is 0.307. The van der Waals surface area contributed by atoms with Gasteiger partial charge in [0.25, 0.3) is 0 Å². The van der Waals surface area contributed by atoms with Crippen molar-refractivity contribution in [2.45, 2.75) is 63.5 Å². The number of nitrogen functional groups attached to an aromatic ring is 1. The standard InChI is InChI=1S/C31H38N8O2/c1-38(26-13-18-4-5-21(26)12-18)23-10-7-19-6-9-22(14-20(19)8-11-23)35-31-36-30(32)39(37-31)29-24-15-27(40-2)28(41-3)16-25(24)33-17-34-29/h6,9,14-18,21,23,26H,4-5,7-8,10-13H2,1-3H3,(H3,32,35,36,37). The summed E-state index contributed by atoms with van der Waals surface area (Å²) in [5.74, 6) is 4.22. The highest BCUT2D eigenvalue weighted by Crippen LogP contribution is 2.47. The van der Waals surface area contributed by atoms with Gasteiger partial charge in [0.2, 0.25) is 11.9 Å². The Morgan fingerprint density at radius 3 is 2.51 bits per heavy atom. The fraction of sp³-hybridized carbons (Fsp3) is 0.484. The highest BCUT2D eigenvalue weighted by Gasteiger charge is 2.42. The van der Waals surface area contributed by atoms with E-state index < -0.39 is 0 Å². The number of fused-ring (bicyclic) bond motifs is 4. The zero-order valence-corrected chi connectivity index (χ0v) is 24.0. The molecule has 10 heteroatoms. The van der Waals surface area contributed by atoms with Gasteiger partial charge >= 0.3 is 0 Å². The van der Waals surface area contributed by atoms with E-state index in [0.717, 1.165) is 41.8 Å². The van der Waals surface area contributed by atoms with Crippen LogP contribution >= 0.6 is 0 Å². The second-order valence-electron chi connectivity index (χ2n) is 11.9. The second kappa shape index (κ2) is 10.5. The minimum Gasteiger partial charge on any atom is -0.493 e. The van der Waals surface area contributed by atoms with Crippen LogP contribution in [0.2, 0.25) is 0 Å². The van der Waals surface area contributed by atoms with Gasteiger partial charge in [-0.3, -0.25) is 0 Å². The van der Waals surface area contributed by atoms with Crippen LogP contribution in [-0.2, 0) is 12.8 Å². The highest BCUT2D eigenvalue weighted by atomic mass is 16.5. The van der Waals surface area contributed by atoms with Crippen LogP contribution in [0.15, 0.2) is 36.7 Å². The molecule has 2 heterocycles. The second-order valence-corrected chi connectivity index (χ2v) is 11.9. The topological polar surface area (TPSA) is 116 Å². The van der Waals surface area contributed by atoms with Gasteiger partial charge in [0.15, 0.2) is 17.3 Å². The number of nitrogens with one attached hydrogen (secondary N) is 1. The molecule has 3 aliphatic carbocycles. The molecule has 41 heavy (non-hydrogen) atoms. The van der Waals surface area contributed by atoms with E-state index in [-0.39, 0.29) is 5.95 Å². The van der Waals surface area contributed by atoms with Gasteiger partial charge in [-0.25, -0.2) is 9.97 Å². The van der Waals surface area contributed by atoms with E-state index in [1.54, 1.807) is 20.3 Å². The lowest BCUT2D eigenvalue weighted by atomic mass is 9.92. The Hall–Kier alpha value is -3.92. The molecule has 3 N–H and O–H groups in total. The number of benzene rings is 2. The number of rotatable bonds is 7. The first-order valence-electron chi connectivity index (χ1n) is 14.7. The average Bonchev–Trinajstić information content (AvgIpc) is 3.68. The average molecular weight is 555 g/mol. The number of nitrogens with two attached hydrogens (primary N) is 1. The summed E-state index contributed by atoms with van der Waals surface area (Å²) in [6, 6.07) is 11.7. The van der Waals surface area contributed by atoms with Crippen molar-refractivity contribution >= 4 is 28.5 Å². The number of anilines is 3. The van der Waals surface area contributed by atoms with Crippen molar-refractivity contribution < 1.29 is 9.47 Å². The van der Waals surface area contributed by atoms with E-state index in [2.05, 4.69) is 55.5 Å². The SMILES string of the molecule is COc1cc2ncnc(-n3nc(Nc4ccc5c(c4)CCC(N(C)C4CC6CCC4C6)CC5)nc3N)c2cc1OC. The summed E-state index contributed by atoms with van der Waals surface area (Å²) in [5.41, 5.74) is 10.8. The summed E-state index contributed by atoms with van der Waals surface area (Å²) in [7, 11) is 5.58. The molecule has 4 unspecified atom stereocenters. The van der Waals surface area contributed by atoms with Crippen LogP contribution in [0.25, 0.3) is 16.7 Å². The van der Waals surface area contributed by atoms with Gasteiger partial charge in [-0.2, -0.15) is 9.67 Å². The molecule has 7 rings (SSSR count). The molecule has 3 aliphatic rings. The van der Waals surface area contributed by atoms with Crippen molar-refractivity contribution in [3.63, 3.8) is 0 Å². The van der Waals surface area contributed by atoms with E-state index in [4.69, 9.17) is 15.2 Å². The van der Waals surface area contributed by atoms with Crippen LogP contribution in [0.5, 0.6) is 11.5 Å². The lowest BCUT2D eigenvalue weighted by molar-refractivity contribution is 0.115. The minimum atomic E-state index is 0.225. The molecule has 2 aromatic heterocycles. The number of ether oxygens (including phenoxy) is 2. The van der Waals surface area contributed by atoms with Crippen LogP contribution in [0.1, 0.15) is 49.7 Å². The van der Waals surface area contributed by atoms with Crippen molar-refractivity contribution in [1.29, 1.82) is 0 Å². The fourth-order valence-corrected chi connectivity index (χ4v) is 7.56. The molecule has 0 aliphatic heterocycles. The van der Waals surface area contributed by atoms with Crippen molar-refractivity contribution in [2.24, 2.45) is 11.8 Å². The van der Waals surface area contributed by atoms with Gasteiger partial charge in [0, 0.05) is 29.2 Å². The lowest BCUT2D eigenvalue weighted by Crippen LogP contribution is -2.43. The summed E-state index contributed by atoms with van der Waals surface area (Å²) in [6.07, 6.45) is 11.9. The highest BCUT2D eigenvalue weighted by molar-refractivity contribution is 5.88. The largest absolute Gasteiger partial charge is 0.493 e. The van der Waals surface area contributed by atoms with Gasteiger partial charge in [-0.05, 0) is 93.2 Å². The van der Waals surface area contributed by atoms with Crippen LogP contribution in [0.3, 0.4) is 0 Å². The molecule has 2 fully saturated rings. The van der Waals surface area contributed by atoms with Crippen molar-refractivity contribution in [3.8, 4) is 17.3 Å². The van der Waals surface area contributed by atoms with E-state index in [1.165, 1.54) is 60.7 Å². The summed E-state index contributed by atoms with van der Waals surface area (Å²) in [4.78, 5) is 16.1. The van der Waals surface area contributed by atoms with E-state index in [1.807, 2.05) is 6.07 Å². The van der Waals surface area contributed by atoms with Gasteiger partial charge < -0.3 is 25.4 Å². The summed E-state index contributed by atoms with van der Waals surface area (Å²) < 4.78 is 12.4. The smallest absolute Gasteiger partial charge is 0.248 e. The maximum Gasteiger partial charge on any atom is 0.248 e. The molecule has 0 radical (unpaired) electrons. The Morgan fingerprint density at radius 2 is 1.76 bits per heavy atom. The summed E-state index contributed by atoms with van der Waals surface area (Å²) in [5, 5.41) is 8.75. The molecule has 2 saturated carbocycles. The number of hydrogen-bond donors (Lipinski definition) is 2. The predicted octanol–water partition coefficient (Wildman–Crippen LogP) is 4.92. The number of aryl methyl sites for hydroxylation is 2. The predicted molar refractivity (Wildman–Crippen MR) is 159 cm³/mol. The van der Waals surface area contributed by atoms with Crippen molar-refractivity contribution in [2.75, 3.05) is 32.3 Å². The zero-order valence-electron chi connectivity index (χ0n) is 24.0. The van der Waals surface area contributed by atoms with Gasteiger partial charge in [-0.1, -0.05) is 12.5 Å². The molecule has 0 spiro atoms. The number of methoxy groups -OCH3 is 2. The van der Waals surface area contributed by atoms with Crippen LogP contribution in [-0.4, -0.2) is 63.0 Å². The van der Waals surface area contributed by atoms with E-state index in [0.29, 0.717) is 34.8 Å². The molecule has 4 aromatic rings. The summed E-state index contributed by atoms with van der Waals surface area (Å²) in [6.45, 7) is 0. The monoisotopic (exact) mass is 554 g/mol. The Labute approximate surface area is 240 Å². The molecule has 0 amide bonds. The third-order valence-electron chi connectivity index (χ3n) is 9.71.